The first kappa shape index (κ1) is 30.6. The summed E-state index contributed by atoms with van der Waals surface area (Å²) in [5.74, 6) is -0.715. The summed E-state index contributed by atoms with van der Waals surface area (Å²) in [6, 6.07) is 18.8. The Morgan fingerprint density at radius 2 is 1.68 bits per heavy atom. The zero-order valence-corrected chi connectivity index (χ0v) is 25.1. The van der Waals surface area contributed by atoms with Crippen molar-refractivity contribution in [3.05, 3.63) is 86.5 Å². The van der Waals surface area contributed by atoms with Gasteiger partial charge in [-0.15, -0.1) is 0 Å². The maximum absolute atomic E-state index is 12.4. The molecule has 0 aliphatic heterocycles. The number of amides is 3. The molecule has 0 fully saturated rings. The molecular formula is C30H33IN4O5. The van der Waals surface area contributed by atoms with E-state index in [9.17, 15) is 14.4 Å². The third-order valence-corrected chi connectivity index (χ3v) is 6.50. The van der Waals surface area contributed by atoms with Gasteiger partial charge in [0.25, 0.3) is 5.91 Å². The Kier molecular flexibility index (Phi) is 11.5. The largest absolute Gasteiger partial charge is 0.490 e. The highest BCUT2D eigenvalue weighted by atomic mass is 127. The summed E-state index contributed by atoms with van der Waals surface area (Å²) in [5, 5.41) is 9.27. The molecule has 0 aliphatic carbocycles. The van der Waals surface area contributed by atoms with Crippen molar-refractivity contribution in [2.24, 2.45) is 5.10 Å². The second-order valence-electron chi connectivity index (χ2n) is 9.24. The van der Waals surface area contributed by atoms with Crippen LogP contribution in [-0.2, 0) is 20.9 Å². The zero-order valence-electron chi connectivity index (χ0n) is 22.9. The Balaban J connectivity index is 1.55. The molecule has 0 unspecified atom stereocenters. The molecule has 0 radical (unpaired) electrons. The lowest BCUT2D eigenvalue weighted by molar-refractivity contribution is -0.139. The van der Waals surface area contributed by atoms with E-state index in [1.807, 2.05) is 62.4 Å². The van der Waals surface area contributed by atoms with Gasteiger partial charge >= 0.3 is 11.8 Å². The minimum atomic E-state index is -0.880. The Hall–Kier alpha value is -3.93. The van der Waals surface area contributed by atoms with Crippen molar-refractivity contribution < 1.29 is 23.9 Å². The van der Waals surface area contributed by atoms with E-state index >= 15 is 0 Å². The molecule has 0 aliphatic rings. The smallest absolute Gasteiger partial charge is 0.329 e. The van der Waals surface area contributed by atoms with Crippen LogP contribution in [0.2, 0.25) is 0 Å². The average Bonchev–Trinajstić information content (AvgIpc) is 2.92. The van der Waals surface area contributed by atoms with Crippen LogP contribution in [0.15, 0.2) is 65.8 Å². The molecule has 9 nitrogen and oxygen atoms in total. The van der Waals surface area contributed by atoms with Crippen molar-refractivity contribution in [2.45, 2.75) is 40.2 Å². The van der Waals surface area contributed by atoms with Crippen molar-refractivity contribution >= 4 is 52.2 Å². The maximum atomic E-state index is 12.4. The van der Waals surface area contributed by atoms with Gasteiger partial charge in [0.15, 0.2) is 18.1 Å². The Labute approximate surface area is 247 Å². The molecule has 0 atom stereocenters. The number of benzene rings is 3. The molecule has 0 saturated carbocycles. The van der Waals surface area contributed by atoms with Crippen LogP contribution in [0.1, 0.15) is 48.9 Å². The van der Waals surface area contributed by atoms with Crippen LogP contribution >= 0.6 is 22.6 Å². The number of anilines is 1. The number of hydrogen-bond donors (Lipinski definition) is 3. The monoisotopic (exact) mass is 656 g/mol. The number of carbonyl (C=O) groups excluding carboxylic acids is 3. The third kappa shape index (κ3) is 9.37. The lowest BCUT2D eigenvalue weighted by Crippen LogP contribution is -2.37. The van der Waals surface area contributed by atoms with E-state index in [2.05, 4.69) is 57.6 Å². The molecule has 0 saturated heterocycles. The Morgan fingerprint density at radius 3 is 2.33 bits per heavy atom. The number of aryl methyl sites for hydroxylation is 1. The van der Waals surface area contributed by atoms with Gasteiger partial charge in [0.05, 0.1) is 16.4 Å². The van der Waals surface area contributed by atoms with E-state index in [1.54, 1.807) is 12.1 Å². The number of hydrogen-bond acceptors (Lipinski definition) is 6. The first-order chi connectivity index (χ1) is 19.2. The minimum Gasteiger partial charge on any atom is -0.490 e. The molecule has 210 valence electrons. The first-order valence-corrected chi connectivity index (χ1v) is 13.9. The minimum absolute atomic E-state index is 0.204. The predicted octanol–water partition coefficient (Wildman–Crippen LogP) is 4.91. The van der Waals surface area contributed by atoms with Crippen molar-refractivity contribution in [1.29, 1.82) is 0 Å². The summed E-state index contributed by atoms with van der Waals surface area (Å²) in [7, 11) is 0. The fourth-order valence-corrected chi connectivity index (χ4v) is 4.32. The third-order valence-electron chi connectivity index (χ3n) is 5.70. The van der Waals surface area contributed by atoms with Gasteiger partial charge < -0.3 is 20.1 Å². The summed E-state index contributed by atoms with van der Waals surface area (Å²) in [6.45, 7) is 8.42. The summed E-state index contributed by atoms with van der Waals surface area (Å²) in [4.78, 5) is 36.7. The van der Waals surface area contributed by atoms with E-state index in [0.29, 0.717) is 38.8 Å². The molecule has 3 N–H and O–H groups in total. The molecule has 0 heterocycles. The van der Waals surface area contributed by atoms with Crippen molar-refractivity contribution in [2.75, 3.05) is 18.5 Å². The number of hydrazone groups is 1. The highest BCUT2D eigenvalue weighted by Crippen LogP contribution is 2.34. The highest BCUT2D eigenvalue weighted by molar-refractivity contribution is 14.1. The second-order valence-corrected chi connectivity index (χ2v) is 10.4. The average molecular weight is 657 g/mol. The van der Waals surface area contributed by atoms with Crippen LogP contribution in [0.5, 0.6) is 11.5 Å². The van der Waals surface area contributed by atoms with Crippen LogP contribution in [0.4, 0.5) is 5.69 Å². The molecule has 0 spiro atoms. The summed E-state index contributed by atoms with van der Waals surface area (Å²) < 4.78 is 12.2. The van der Waals surface area contributed by atoms with E-state index in [-0.39, 0.29) is 19.1 Å². The van der Waals surface area contributed by atoms with Crippen molar-refractivity contribution in [3.63, 3.8) is 0 Å². The number of carbonyl (C=O) groups is 3. The summed E-state index contributed by atoms with van der Waals surface area (Å²) in [5.41, 5.74) is 6.71. The lowest BCUT2D eigenvalue weighted by Gasteiger charge is -2.14. The maximum Gasteiger partial charge on any atom is 0.329 e. The summed E-state index contributed by atoms with van der Waals surface area (Å²) in [6.07, 6.45) is 1.40. The van der Waals surface area contributed by atoms with Crippen LogP contribution in [0.3, 0.4) is 0 Å². The van der Waals surface area contributed by atoms with Crippen LogP contribution in [0, 0.1) is 10.5 Å². The van der Waals surface area contributed by atoms with E-state index in [0.717, 1.165) is 11.1 Å². The van der Waals surface area contributed by atoms with E-state index in [4.69, 9.17) is 9.47 Å². The molecule has 3 rings (SSSR count). The van der Waals surface area contributed by atoms with Gasteiger partial charge in [-0.25, -0.2) is 5.43 Å². The lowest BCUT2D eigenvalue weighted by atomic mass is 10.0. The van der Waals surface area contributed by atoms with Crippen LogP contribution < -0.4 is 25.5 Å². The van der Waals surface area contributed by atoms with E-state index in [1.165, 1.54) is 11.8 Å². The number of halogens is 1. The van der Waals surface area contributed by atoms with Gasteiger partial charge in [-0.05, 0) is 83.3 Å². The quantitative estimate of drug-likeness (QED) is 0.117. The van der Waals surface area contributed by atoms with Gasteiger partial charge in [0.2, 0.25) is 0 Å². The Bertz CT molecular complexity index is 1360. The number of rotatable bonds is 11. The van der Waals surface area contributed by atoms with E-state index < -0.39 is 11.8 Å². The number of nitrogens with one attached hydrogen (secondary N) is 3. The Morgan fingerprint density at radius 1 is 0.975 bits per heavy atom. The zero-order chi connectivity index (χ0) is 29.1. The van der Waals surface area contributed by atoms with Crippen LogP contribution in [0.25, 0.3) is 0 Å². The SMILES string of the molecule is CCOc1cc(/C=N\NC(=O)C(=O)NCc2ccc(C(C)C)cc2)cc(I)c1OCC(=O)Nc1ccc(C)cc1. The van der Waals surface area contributed by atoms with Gasteiger partial charge in [-0.1, -0.05) is 55.8 Å². The molecule has 10 heteroatoms. The molecule has 3 aromatic rings. The fraction of sp³-hybridized carbons (Fsp3) is 0.267. The summed E-state index contributed by atoms with van der Waals surface area (Å²) >= 11 is 2.07. The van der Waals surface area contributed by atoms with Gasteiger partial charge in [-0.3, -0.25) is 14.4 Å². The molecule has 0 aromatic heterocycles. The molecule has 0 bridgehead atoms. The second kappa shape index (κ2) is 15.0. The number of ether oxygens (including phenoxy) is 2. The van der Waals surface area contributed by atoms with Crippen molar-refractivity contribution in [1.82, 2.24) is 10.7 Å². The first-order valence-electron chi connectivity index (χ1n) is 12.8. The number of nitrogens with zero attached hydrogens (tertiary/aromatic N) is 1. The van der Waals surface area contributed by atoms with Crippen molar-refractivity contribution in [3.8, 4) is 11.5 Å². The molecule has 3 aromatic carbocycles. The predicted molar refractivity (Wildman–Crippen MR) is 164 cm³/mol. The van der Waals surface area contributed by atoms with Gasteiger partial charge in [-0.2, -0.15) is 5.10 Å². The normalized spacial score (nSPS) is 10.8. The fourth-order valence-electron chi connectivity index (χ4n) is 3.54. The standard InChI is InChI=1S/C30H33IN4O5/c1-5-39-26-15-22(14-25(31)28(26)40-18-27(36)34-24-12-6-20(4)7-13-24)17-33-35-30(38)29(37)32-16-21-8-10-23(11-9-21)19(2)3/h6-15,17,19H,5,16,18H2,1-4H3,(H,32,37)(H,34,36)(H,35,38)/b33-17-. The van der Waals surface area contributed by atoms with Crippen LogP contribution in [-0.4, -0.2) is 37.1 Å². The molecular weight excluding hydrogens is 623 g/mol. The molecule has 40 heavy (non-hydrogen) atoms. The topological polar surface area (TPSA) is 118 Å². The van der Waals surface area contributed by atoms with Gasteiger partial charge in [0.1, 0.15) is 0 Å². The molecule has 3 amide bonds. The highest BCUT2D eigenvalue weighted by Gasteiger charge is 2.15. The van der Waals surface area contributed by atoms with Gasteiger partial charge in [0, 0.05) is 12.2 Å².